The summed E-state index contributed by atoms with van der Waals surface area (Å²) in [6.07, 6.45) is 12.3. The molecule has 2 rings (SSSR count). The van der Waals surface area contributed by atoms with Gasteiger partial charge in [0.15, 0.2) is 0 Å². The summed E-state index contributed by atoms with van der Waals surface area (Å²) in [7, 11) is 0. The van der Waals surface area contributed by atoms with Crippen LogP contribution in [0.1, 0.15) is 54.4 Å². The monoisotopic (exact) mass is 464 g/mol. The van der Waals surface area contributed by atoms with Gasteiger partial charge in [0.2, 0.25) is 0 Å². The van der Waals surface area contributed by atoms with E-state index in [9.17, 15) is 0 Å². The van der Waals surface area contributed by atoms with Crippen LogP contribution in [0.5, 0.6) is 0 Å². The van der Waals surface area contributed by atoms with E-state index < -0.39 is 17.4 Å². The molecule has 0 saturated heterocycles. The van der Waals surface area contributed by atoms with Crippen molar-refractivity contribution in [3.63, 3.8) is 0 Å². The van der Waals surface area contributed by atoms with Gasteiger partial charge in [-0.3, -0.25) is 0 Å². The molecule has 0 aromatic heterocycles. The molecule has 0 aromatic rings. The first kappa shape index (κ1) is 24.6. The number of hydrogen-bond donors (Lipinski definition) is 0. The summed E-state index contributed by atoms with van der Waals surface area (Å²) in [5, 5.41) is 0. The first-order valence-corrected chi connectivity index (χ1v) is 21.9. The zero-order valence-corrected chi connectivity index (χ0v) is 22.3. The molecule has 24 heavy (non-hydrogen) atoms. The molecule has 0 fully saturated rings. The van der Waals surface area contributed by atoms with Crippen LogP contribution in [-0.2, 0) is 17.4 Å². The maximum absolute atomic E-state index is 2.93. The molecule has 0 saturated carbocycles. The third kappa shape index (κ3) is 4.87. The average molecular weight is 467 g/mol. The topological polar surface area (TPSA) is 0 Å². The van der Waals surface area contributed by atoms with E-state index in [-0.39, 0.29) is 30.2 Å². The summed E-state index contributed by atoms with van der Waals surface area (Å²) in [5.74, 6) is 0. The Morgan fingerprint density at radius 2 is 1.42 bits per heavy atom. The molecule has 0 unspecified atom stereocenters. The maximum Gasteiger partial charge on any atom is -0.147 e. The predicted octanol–water partition coefficient (Wildman–Crippen LogP) is 6.68. The largest absolute Gasteiger partial charge is 0.147 e. The van der Waals surface area contributed by atoms with Crippen molar-refractivity contribution < 1.29 is 17.4 Å². The summed E-state index contributed by atoms with van der Waals surface area (Å²) in [6.45, 7) is 16.4. The van der Waals surface area contributed by atoms with E-state index in [2.05, 4.69) is 82.0 Å². The molecule has 0 radical (unpaired) electrons. The van der Waals surface area contributed by atoms with Gasteiger partial charge in [-0.25, -0.2) is 0 Å². The van der Waals surface area contributed by atoms with Crippen LogP contribution in [0.15, 0.2) is 42.0 Å². The van der Waals surface area contributed by atoms with Gasteiger partial charge in [-0.05, 0) is 0 Å². The molecular weight excluding hydrogens is 430 g/mol. The normalized spacial score (nSPS) is 18.9. The van der Waals surface area contributed by atoms with Gasteiger partial charge in [0.05, 0.1) is 0 Å². The molecule has 0 aliphatic heterocycles. The van der Waals surface area contributed by atoms with Gasteiger partial charge in [0.25, 0.3) is 0 Å². The van der Waals surface area contributed by atoms with Crippen LogP contribution in [0.4, 0.5) is 0 Å². The Balaban J connectivity index is 0.00000264. The van der Waals surface area contributed by atoms with Crippen LogP contribution in [0.25, 0.3) is 0 Å². The summed E-state index contributed by atoms with van der Waals surface area (Å²) < 4.78 is 8.83. The first-order valence-electron chi connectivity index (χ1n) is 8.60. The second-order valence-electron chi connectivity index (χ2n) is 10.3. The molecule has 138 valence electrons. The molecule has 0 N–H and O–H groups in total. The van der Waals surface area contributed by atoms with Gasteiger partial charge in [-0.2, -0.15) is 0 Å². The Morgan fingerprint density at radius 1 is 0.875 bits per heavy atom. The van der Waals surface area contributed by atoms with Crippen molar-refractivity contribution >= 4 is 31.7 Å². The standard InChI is InChI=1S/2C9H13.2CH3.2ClH.H2Si.Zr/c2*1-9(2,3)8-6-4-5-7-8;;;;;;/h6-7H,4H2,1-3H3;4,6H,7H2,1-3H3;2*1H3;2*1H;1H2;. The third-order valence-electron chi connectivity index (χ3n) is 5.63. The fourth-order valence-electron chi connectivity index (χ4n) is 3.40. The average Bonchev–Trinajstić information content (AvgIpc) is 2.97. The number of hydrogen-bond acceptors (Lipinski definition) is 0. The van der Waals surface area contributed by atoms with Crippen molar-refractivity contribution in [2.45, 2.75) is 63.6 Å². The third-order valence-corrected chi connectivity index (χ3v) is 22.8. The van der Waals surface area contributed by atoms with E-state index in [4.69, 9.17) is 0 Å². The van der Waals surface area contributed by atoms with E-state index in [0.717, 1.165) is 0 Å². The molecule has 0 bridgehead atoms. The fraction of sp³-hybridized carbons (Fsp3) is 0.600. The Morgan fingerprint density at radius 3 is 1.79 bits per heavy atom. The molecule has 0 aromatic carbocycles. The zero-order valence-electron chi connectivity index (χ0n) is 16.7. The summed E-state index contributed by atoms with van der Waals surface area (Å²) in [4.78, 5) is 0. The second-order valence-corrected chi connectivity index (χ2v) is 39.2. The van der Waals surface area contributed by atoms with E-state index in [1.54, 1.807) is 17.7 Å². The molecule has 2 aliphatic carbocycles. The smallest absolute Gasteiger partial charge is 0.147 e. The minimum Gasteiger partial charge on any atom is -0.147 e. The van der Waals surface area contributed by atoms with Crippen molar-refractivity contribution in [3.05, 3.63) is 42.0 Å². The zero-order chi connectivity index (χ0) is 17.0. The van der Waals surface area contributed by atoms with Crippen molar-refractivity contribution in [2.24, 2.45) is 10.8 Å². The predicted molar refractivity (Wildman–Crippen MR) is 115 cm³/mol. The van der Waals surface area contributed by atoms with Crippen molar-refractivity contribution in [2.75, 3.05) is 0 Å². The van der Waals surface area contributed by atoms with Gasteiger partial charge < -0.3 is 0 Å². The minimum atomic E-state index is -2.93. The van der Waals surface area contributed by atoms with Gasteiger partial charge in [0.1, 0.15) is 0 Å². The summed E-state index contributed by atoms with van der Waals surface area (Å²) >= 11 is -2.93. The molecule has 0 atom stereocenters. The van der Waals surface area contributed by atoms with Crippen LogP contribution in [-0.4, -0.2) is 6.88 Å². The molecular formula is C20H36Cl2SiZr. The number of rotatable bonds is 2. The van der Waals surface area contributed by atoms with Gasteiger partial charge in [-0.15, -0.1) is 24.8 Å². The van der Waals surface area contributed by atoms with Crippen molar-refractivity contribution in [3.8, 4) is 0 Å². The van der Waals surface area contributed by atoms with E-state index >= 15 is 0 Å². The first-order chi connectivity index (χ1) is 9.70. The quantitative estimate of drug-likeness (QED) is 0.398. The minimum absolute atomic E-state index is 0. The maximum atomic E-state index is 2.64. The number of allylic oxidation sites excluding steroid dienone is 8. The Kier molecular flexibility index (Phi) is 7.53. The molecule has 2 aliphatic rings. The van der Waals surface area contributed by atoms with Crippen LogP contribution in [0, 0.1) is 10.8 Å². The molecule has 0 spiro atoms. The van der Waals surface area contributed by atoms with Gasteiger partial charge >= 0.3 is 141 Å². The summed E-state index contributed by atoms with van der Waals surface area (Å²) in [6, 6.07) is 0. The van der Waals surface area contributed by atoms with Crippen LogP contribution >= 0.6 is 24.8 Å². The molecule has 0 nitrogen and oxygen atoms in total. The SMILES string of the molecule is CC(C)(C)C1=CC[C]([Zr]([CH3])([CH3])(=[SiH2])[C]2=CC=C(C(C)(C)C)C2)=C1.Cl.Cl. The van der Waals surface area contributed by atoms with Crippen molar-refractivity contribution in [1.29, 1.82) is 0 Å². The number of halogens is 2. The summed E-state index contributed by atoms with van der Waals surface area (Å²) in [5.41, 5.74) is 3.74. The van der Waals surface area contributed by atoms with Crippen LogP contribution in [0.3, 0.4) is 0 Å². The molecule has 0 heterocycles. The van der Waals surface area contributed by atoms with Gasteiger partial charge in [0, 0.05) is 0 Å². The fourth-order valence-corrected chi connectivity index (χ4v) is 14.1. The molecule has 0 amide bonds. The van der Waals surface area contributed by atoms with E-state index in [1.165, 1.54) is 12.8 Å². The molecule has 4 heteroatoms. The Labute approximate surface area is 164 Å². The Bertz CT molecular complexity index is 686. The van der Waals surface area contributed by atoms with Gasteiger partial charge in [-0.1, -0.05) is 0 Å². The second kappa shape index (κ2) is 7.34. The van der Waals surface area contributed by atoms with E-state index in [1.807, 2.05) is 0 Å². The van der Waals surface area contributed by atoms with Crippen LogP contribution in [0.2, 0.25) is 9.26 Å². The van der Waals surface area contributed by atoms with Crippen LogP contribution < -0.4 is 0 Å². The van der Waals surface area contributed by atoms with E-state index in [0.29, 0.717) is 5.41 Å². The van der Waals surface area contributed by atoms with Crippen molar-refractivity contribution in [1.82, 2.24) is 0 Å². The Hall–Kier alpha value is 0.640.